The summed E-state index contributed by atoms with van der Waals surface area (Å²) < 4.78 is 0. The molecule has 1 saturated heterocycles. The number of imide groups is 1. The summed E-state index contributed by atoms with van der Waals surface area (Å²) in [5, 5.41) is 7.24. The summed E-state index contributed by atoms with van der Waals surface area (Å²) in [6, 6.07) is 17.4. The van der Waals surface area contributed by atoms with E-state index in [1.165, 1.54) is 4.90 Å². The molecule has 0 bridgehead atoms. The van der Waals surface area contributed by atoms with Crippen LogP contribution in [0.15, 0.2) is 66.9 Å². The van der Waals surface area contributed by atoms with Crippen LogP contribution in [0.5, 0.6) is 0 Å². The molecule has 7 nitrogen and oxygen atoms in total. The largest absolute Gasteiger partial charge is 0.350 e. The fourth-order valence-electron chi connectivity index (χ4n) is 3.41. The molecule has 0 radical (unpaired) electrons. The molecular formula is C22H20N4O3. The molecular weight excluding hydrogens is 368 g/mol. The molecule has 3 aromatic rings. The molecule has 0 aliphatic carbocycles. The number of pyridine rings is 1. The number of hydrogen-bond donors (Lipinski definition) is 2. The molecule has 1 fully saturated rings. The first kappa shape index (κ1) is 18.6. The predicted molar refractivity (Wildman–Crippen MR) is 109 cm³/mol. The van der Waals surface area contributed by atoms with Crippen LogP contribution in [0.3, 0.4) is 0 Å². The van der Waals surface area contributed by atoms with Gasteiger partial charge in [-0.25, -0.2) is 9.69 Å². The van der Waals surface area contributed by atoms with E-state index in [4.69, 9.17) is 0 Å². The van der Waals surface area contributed by atoms with Gasteiger partial charge < -0.3 is 10.6 Å². The van der Waals surface area contributed by atoms with Crippen molar-refractivity contribution in [2.75, 3.05) is 4.90 Å². The van der Waals surface area contributed by atoms with Crippen molar-refractivity contribution in [3.05, 3.63) is 72.6 Å². The number of amides is 4. The van der Waals surface area contributed by atoms with Crippen LogP contribution in [0.4, 0.5) is 10.5 Å². The van der Waals surface area contributed by atoms with E-state index >= 15 is 0 Å². The van der Waals surface area contributed by atoms with Gasteiger partial charge in [0.15, 0.2) is 0 Å². The Morgan fingerprint density at radius 1 is 1.03 bits per heavy atom. The first-order valence-electron chi connectivity index (χ1n) is 9.42. The van der Waals surface area contributed by atoms with E-state index in [0.29, 0.717) is 12.2 Å². The van der Waals surface area contributed by atoms with E-state index in [2.05, 4.69) is 15.6 Å². The summed E-state index contributed by atoms with van der Waals surface area (Å²) >= 11 is 0. The van der Waals surface area contributed by atoms with Gasteiger partial charge in [0.1, 0.15) is 6.04 Å². The summed E-state index contributed by atoms with van der Waals surface area (Å²) in [5.74, 6) is -0.537. The molecule has 146 valence electrons. The number of urea groups is 1. The number of rotatable bonds is 6. The molecule has 29 heavy (non-hydrogen) atoms. The molecule has 2 N–H and O–H groups in total. The van der Waals surface area contributed by atoms with Gasteiger partial charge >= 0.3 is 6.03 Å². The number of nitrogens with zero attached hydrogens (tertiary/aromatic N) is 2. The summed E-state index contributed by atoms with van der Waals surface area (Å²) in [6.07, 6.45) is 2.03. The van der Waals surface area contributed by atoms with Gasteiger partial charge in [-0.1, -0.05) is 42.5 Å². The van der Waals surface area contributed by atoms with Gasteiger partial charge in [0.25, 0.3) is 5.91 Å². The number of benzene rings is 2. The van der Waals surface area contributed by atoms with Crippen LogP contribution in [-0.4, -0.2) is 28.9 Å². The summed E-state index contributed by atoms with van der Waals surface area (Å²) in [4.78, 5) is 42.8. The lowest BCUT2D eigenvalue weighted by atomic mass is 10.1. The zero-order valence-corrected chi connectivity index (χ0v) is 15.7. The van der Waals surface area contributed by atoms with Gasteiger partial charge in [0, 0.05) is 18.0 Å². The Labute approximate surface area is 167 Å². The summed E-state index contributed by atoms with van der Waals surface area (Å²) in [5.41, 5.74) is 1.31. The van der Waals surface area contributed by atoms with Crippen molar-refractivity contribution < 1.29 is 14.4 Å². The Balaban J connectivity index is 1.40. The number of carbonyl (C=O) groups is 3. The van der Waals surface area contributed by atoms with E-state index in [0.717, 1.165) is 16.5 Å². The molecule has 1 aromatic heterocycles. The van der Waals surface area contributed by atoms with Crippen LogP contribution in [0.1, 0.15) is 18.5 Å². The Morgan fingerprint density at radius 2 is 1.83 bits per heavy atom. The minimum absolute atomic E-state index is 0.132. The number of carbonyl (C=O) groups excluding carboxylic acids is 3. The first-order valence-corrected chi connectivity index (χ1v) is 9.42. The lowest BCUT2D eigenvalue weighted by Gasteiger charge is -2.15. The van der Waals surface area contributed by atoms with E-state index in [-0.39, 0.29) is 24.7 Å². The molecule has 2 heterocycles. The van der Waals surface area contributed by atoms with Gasteiger partial charge in [-0.3, -0.25) is 14.6 Å². The molecule has 1 atom stereocenters. The van der Waals surface area contributed by atoms with Crippen LogP contribution < -0.4 is 15.5 Å². The summed E-state index contributed by atoms with van der Waals surface area (Å²) in [7, 11) is 0. The molecule has 2 aromatic carbocycles. The Kier molecular flexibility index (Phi) is 5.20. The Bertz CT molecular complexity index is 1060. The van der Waals surface area contributed by atoms with E-state index in [9.17, 15) is 14.4 Å². The van der Waals surface area contributed by atoms with Crippen molar-refractivity contribution in [2.45, 2.75) is 25.4 Å². The third-order valence-electron chi connectivity index (χ3n) is 4.88. The highest BCUT2D eigenvalue weighted by Gasteiger charge is 2.39. The molecule has 7 heteroatoms. The van der Waals surface area contributed by atoms with Crippen molar-refractivity contribution in [2.24, 2.45) is 0 Å². The monoisotopic (exact) mass is 388 g/mol. The predicted octanol–water partition coefficient (Wildman–Crippen LogP) is 2.76. The molecule has 4 amide bonds. The van der Waals surface area contributed by atoms with E-state index < -0.39 is 12.1 Å². The number of anilines is 1. The number of hydrogen-bond acceptors (Lipinski definition) is 4. The van der Waals surface area contributed by atoms with E-state index in [1.807, 2.05) is 48.5 Å². The highest BCUT2D eigenvalue weighted by atomic mass is 16.2. The third kappa shape index (κ3) is 3.94. The molecule has 1 aliphatic heterocycles. The van der Waals surface area contributed by atoms with Gasteiger partial charge in [0.2, 0.25) is 5.91 Å². The maximum absolute atomic E-state index is 12.9. The fourth-order valence-corrected chi connectivity index (χ4v) is 3.41. The second kappa shape index (κ2) is 8.10. The first-order chi connectivity index (χ1) is 14.1. The highest BCUT2D eigenvalue weighted by Crippen LogP contribution is 2.29. The number of aromatic nitrogens is 1. The van der Waals surface area contributed by atoms with Crippen molar-refractivity contribution in [3.63, 3.8) is 0 Å². The van der Waals surface area contributed by atoms with Crippen molar-refractivity contribution in [1.82, 2.24) is 15.6 Å². The molecule has 1 aliphatic rings. The molecule has 4 rings (SSSR count). The van der Waals surface area contributed by atoms with Gasteiger partial charge in [0.05, 0.1) is 17.9 Å². The normalized spacial score (nSPS) is 16.1. The van der Waals surface area contributed by atoms with Gasteiger partial charge in [-0.2, -0.15) is 0 Å². The molecule has 0 unspecified atom stereocenters. The number of nitrogens with one attached hydrogen (secondary N) is 2. The quantitative estimate of drug-likeness (QED) is 0.635. The highest BCUT2D eigenvalue weighted by molar-refractivity contribution is 6.24. The lowest BCUT2D eigenvalue weighted by Crippen LogP contribution is -2.32. The Morgan fingerprint density at radius 3 is 2.66 bits per heavy atom. The maximum atomic E-state index is 12.9. The zero-order chi connectivity index (χ0) is 20.2. The van der Waals surface area contributed by atoms with Crippen LogP contribution >= 0.6 is 0 Å². The van der Waals surface area contributed by atoms with Crippen molar-refractivity contribution >= 4 is 34.3 Å². The fraction of sp³-hybridized carbons (Fsp3) is 0.182. The maximum Gasteiger partial charge on any atom is 0.329 e. The lowest BCUT2D eigenvalue weighted by molar-refractivity contribution is -0.122. The molecule has 0 saturated carbocycles. The van der Waals surface area contributed by atoms with Crippen molar-refractivity contribution in [3.8, 4) is 0 Å². The van der Waals surface area contributed by atoms with Crippen molar-refractivity contribution in [1.29, 1.82) is 0 Å². The third-order valence-corrected chi connectivity index (χ3v) is 4.88. The summed E-state index contributed by atoms with van der Waals surface area (Å²) in [6.45, 7) is 0.326. The van der Waals surface area contributed by atoms with Crippen LogP contribution in [0.2, 0.25) is 0 Å². The molecule has 0 spiro atoms. The van der Waals surface area contributed by atoms with Crippen LogP contribution in [-0.2, 0) is 16.1 Å². The zero-order valence-electron chi connectivity index (χ0n) is 15.7. The average Bonchev–Trinajstić information content (AvgIpc) is 3.04. The Hall–Kier alpha value is -3.74. The second-order valence-electron chi connectivity index (χ2n) is 6.81. The SMILES string of the molecule is O=C(CC[C@@H]1NC(=O)N(c2cccc3ccccc23)C1=O)NCc1ccccn1. The van der Waals surface area contributed by atoms with Crippen LogP contribution in [0, 0.1) is 0 Å². The van der Waals surface area contributed by atoms with Gasteiger partial charge in [-0.05, 0) is 30.0 Å². The smallest absolute Gasteiger partial charge is 0.329 e. The van der Waals surface area contributed by atoms with Gasteiger partial charge in [-0.15, -0.1) is 0 Å². The topological polar surface area (TPSA) is 91.4 Å². The minimum atomic E-state index is -0.720. The second-order valence-corrected chi connectivity index (χ2v) is 6.81. The standard InChI is InChI=1S/C22H20N4O3/c27-20(24-14-16-8-3-4-13-23-16)12-11-18-21(28)26(22(29)25-18)19-10-5-7-15-6-1-2-9-17(15)19/h1-10,13,18H,11-12,14H2,(H,24,27)(H,25,29)/t18-/m0/s1. The van der Waals surface area contributed by atoms with Crippen LogP contribution in [0.25, 0.3) is 10.8 Å². The van der Waals surface area contributed by atoms with E-state index in [1.54, 1.807) is 18.3 Å². The number of fused-ring (bicyclic) bond motifs is 1. The average molecular weight is 388 g/mol. The minimum Gasteiger partial charge on any atom is -0.350 e.